The normalized spacial score (nSPS) is 18.8. The minimum Gasteiger partial charge on any atom is -0.318 e. The lowest BCUT2D eigenvalue weighted by molar-refractivity contribution is -0.167. The van der Waals surface area contributed by atoms with E-state index in [-0.39, 0.29) is 5.69 Å². The number of likely N-dealkylation sites (tertiary alicyclic amines) is 1. The minimum absolute atomic E-state index is 0.232. The number of allylic oxidation sites excluding steroid dienone is 2. The fraction of sp³-hybridized carbons (Fsp3) is 0.545. The van der Waals surface area contributed by atoms with E-state index in [1.54, 1.807) is 6.07 Å². The summed E-state index contributed by atoms with van der Waals surface area (Å²) in [4.78, 5) is 13.8. The zero-order valence-corrected chi connectivity index (χ0v) is 16.4. The lowest BCUT2D eigenvalue weighted by atomic mass is 9.85. The van der Waals surface area contributed by atoms with Gasteiger partial charge in [-0.15, -0.1) is 0 Å². The van der Waals surface area contributed by atoms with Gasteiger partial charge < -0.3 is 10.2 Å². The zero-order chi connectivity index (χ0) is 20.9. The summed E-state index contributed by atoms with van der Waals surface area (Å²) in [6, 6.07) is 7.60. The van der Waals surface area contributed by atoms with Gasteiger partial charge in [0.2, 0.25) is 0 Å². The van der Waals surface area contributed by atoms with Crippen LogP contribution in [-0.4, -0.2) is 36.6 Å². The largest absolute Gasteiger partial charge is 0.471 e. The van der Waals surface area contributed by atoms with Crippen molar-refractivity contribution in [2.24, 2.45) is 0 Å². The highest BCUT2D eigenvalue weighted by molar-refractivity contribution is 5.97. The average Bonchev–Trinajstić information content (AvgIpc) is 2.73. The Balaban J connectivity index is 1.81. The number of hydrogen-bond acceptors (Lipinski definition) is 3. The van der Waals surface area contributed by atoms with Crippen LogP contribution in [0, 0.1) is 11.3 Å². The predicted molar refractivity (Wildman–Crippen MR) is 106 cm³/mol. The second kappa shape index (κ2) is 9.45. The summed E-state index contributed by atoms with van der Waals surface area (Å²) >= 11 is 0. The van der Waals surface area contributed by atoms with Gasteiger partial charge in [0, 0.05) is 24.2 Å². The molecule has 0 saturated carbocycles. The SMILES string of the molecule is N#CCCN1CCC(c2ccc(NC(=O)C(F)(F)F)c(C3=CCCCC3)c2)CC1. The second-order valence-corrected chi connectivity index (χ2v) is 7.76. The van der Waals surface area contributed by atoms with Crippen LogP contribution in [0.15, 0.2) is 24.3 Å². The van der Waals surface area contributed by atoms with Gasteiger partial charge in [-0.1, -0.05) is 12.1 Å². The maximum atomic E-state index is 12.8. The molecule has 0 unspecified atom stereocenters. The highest BCUT2D eigenvalue weighted by Gasteiger charge is 2.39. The molecule has 1 aliphatic heterocycles. The van der Waals surface area contributed by atoms with E-state index in [4.69, 9.17) is 5.26 Å². The molecule has 156 valence electrons. The van der Waals surface area contributed by atoms with E-state index in [9.17, 15) is 18.0 Å². The number of rotatable bonds is 5. The van der Waals surface area contributed by atoms with Gasteiger partial charge in [-0.25, -0.2) is 0 Å². The van der Waals surface area contributed by atoms with Crippen LogP contribution < -0.4 is 5.32 Å². The molecule has 1 aromatic rings. The number of anilines is 1. The summed E-state index contributed by atoms with van der Waals surface area (Å²) in [6.45, 7) is 2.61. The van der Waals surface area contributed by atoms with Crippen LogP contribution in [0.1, 0.15) is 62.0 Å². The fourth-order valence-corrected chi connectivity index (χ4v) is 4.16. The Morgan fingerprint density at radius 1 is 1.24 bits per heavy atom. The van der Waals surface area contributed by atoms with E-state index in [0.717, 1.165) is 69.3 Å². The standard InChI is InChI=1S/C22H26F3N3O/c23-22(24,25)21(29)27-20-8-7-18(15-19(20)17-5-2-1-3-6-17)16-9-13-28(14-10-16)12-4-11-26/h5,7-8,15-16H,1-4,6,9-10,12-14H2,(H,27,29). The van der Waals surface area contributed by atoms with Gasteiger partial charge in [-0.2, -0.15) is 18.4 Å². The smallest absolute Gasteiger partial charge is 0.318 e. The number of amides is 1. The summed E-state index contributed by atoms with van der Waals surface area (Å²) < 4.78 is 38.3. The van der Waals surface area contributed by atoms with Crippen molar-refractivity contribution in [1.82, 2.24) is 4.90 Å². The highest BCUT2D eigenvalue weighted by atomic mass is 19.4. The van der Waals surface area contributed by atoms with Crippen molar-refractivity contribution in [3.8, 4) is 6.07 Å². The Morgan fingerprint density at radius 2 is 2.00 bits per heavy atom. The van der Waals surface area contributed by atoms with Crippen LogP contribution in [-0.2, 0) is 4.79 Å². The molecule has 0 radical (unpaired) electrons. The third kappa shape index (κ3) is 5.60. The summed E-state index contributed by atoms with van der Waals surface area (Å²) in [7, 11) is 0. The maximum absolute atomic E-state index is 12.8. The van der Waals surface area contributed by atoms with Crippen LogP contribution in [0.4, 0.5) is 18.9 Å². The third-order valence-electron chi connectivity index (χ3n) is 5.79. The molecule has 0 spiro atoms. The quantitative estimate of drug-likeness (QED) is 0.729. The molecular weight excluding hydrogens is 379 g/mol. The molecule has 1 aliphatic carbocycles. The molecule has 3 rings (SSSR count). The van der Waals surface area contributed by atoms with Gasteiger partial charge in [0.15, 0.2) is 0 Å². The van der Waals surface area contributed by atoms with Gasteiger partial charge in [-0.3, -0.25) is 4.79 Å². The van der Waals surface area contributed by atoms with E-state index in [1.807, 2.05) is 12.1 Å². The molecule has 0 atom stereocenters. The zero-order valence-electron chi connectivity index (χ0n) is 16.4. The predicted octanol–water partition coefficient (Wildman–Crippen LogP) is 5.24. The number of benzene rings is 1. The second-order valence-electron chi connectivity index (χ2n) is 7.76. The van der Waals surface area contributed by atoms with Crippen molar-refractivity contribution < 1.29 is 18.0 Å². The molecular formula is C22H26F3N3O. The molecule has 1 saturated heterocycles. The fourth-order valence-electron chi connectivity index (χ4n) is 4.16. The van der Waals surface area contributed by atoms with Crippen molar-refractivity contribution in [2.45, 2.75) is 57.0 Å². The number of carbonyl (C=O) groups excluding carboxylic acids is 1. The maximum Gasteiger partial charge on any atom is 0.471 e. The summed E-state index contributed by atoms with van der Waals surface area (Å²) in [5.41, 5.74) is 3.07. The average molecular weight is 405 g/mol. The van der Waals surface area contributed by atoms with Gasteiger partial charge in [0.05, 0.1) is 6.07 Å². The van der Waals surface area contributed by atoms with Crippen molar-refractivity contribution in [3.05, 3.63) is 35.4 Å². The number of hydrogen-bond donors (Lipinski definition) is 1. The Kier molecular flexibility index (Phi) is 6.96. The molecule has 29 heavy (non-hydrogen) atoms. The van der Waals surface area contributed by atoms with E-state index < -0.39 is 12.1 Å². The first kappa shape index (κ1) is 21.4. The minimum atomic E-state index is -4.91. The lowest BCUT2D eigenvalue weighted by Crippen LogP contribution is -2.33. The van der Waals surface area contributed by atoms with E-state index in [2.05, 4.69) is 22.4 Å². The van der Waals surface area contributed by atoms with E-state index >= 15 is 0 Å². The van der Waals surface area contributed by atoms with Crippen molar-refractivity contribution in [3.63, 3.8) is 0 Å². The first-order chi connectivity index (χ1) is 13.9. The Bertz CT molecular complexity index is 803. The Morgan fingerprint density at radius 3 is 2.62 bits per heavy atom. The number of nitriles is 1. The topological polar surface area (TPSA) is 56.1 Å². The molecule has 1 heterocycles. The van der Waals surface area contributed by atoms with Gasteiger partial charge in [-0.05, 0) is 80.8 Å². The van der Waals surface area contributed by atoms with Gasteiger partial charge in [0.1, 0.15) is 0 Å². The molecule has 1 aromatic carbocycles. The third-order valence-corrected chi connectivity index (χ3v) is 5.79. The summed E-state index contributed by atoms with van der Waals surface area (Å²) in [5.74, 6) is -1.60. The number of piperidine rings is 1. The first-order valence-electron chi connectivity index (χ1n) is 10.2. The summed E-state index contributed by atoms with van der Waals surface area (Å²) in [5, 5.41) is 10.8. The Labute approximate surface area is 169 Å². The summed E-state index contributed by atoms with van der Waals surface area (Å²) in [6.07, 6.45) is 3.40. The highest BCUT2D eigenvalue weighted by Crippen LogP contribution is 2.37. The van der Waals surface area contributed by atoms with Crippen LogP contribution in [0.25, 0.3) is 5.57 Å². The molecule has 0 aromatic heterocycles. The van der Waals surface area contributed by atoms with Crippen LogP contribution in [0.3, 0.4) is 0 Å². The number of nitrogens with zero attached hydrogens (tertiary/aromatic N) is 2. The molecule has 2 aliphatic rings. The number of nitrogens with one attached hydrogen (secondary N) is 1. The first-order valence-corrected chi connectivity index (χ1v) is 10.2. The van der Waals surface area contributed by atoms with Gasteiger partial charge >= 0.3 is 12.1 Å². The number of alkyl halides is 3. The van der Waals surface area contributed by atoms with Crippen molar-refractivity contribution in [1.29, 1.82) is 5.26 Å². The van der Waals surface area contributed by atoms with Crippen molar-refractivity contribution in [2.75, 3.05) is 25.0 Å². The monoisotopic (exact) mass is 405 g/mol. The van der Waals surface area contributed by atoms with E-state index in [0.29, 0.717) is 17.9 Å². The number of carbonyl (C=O) groups is 1. The molecule has 1 fully saturated rings. The molecule has 1 amide bonds. The van der Waals surface area contributed by atoms with E-state index in [1.165, 1.54) is 0 Å². The van der Waals surface area contributed by atoms with Crippen LogP contribution >= 0.6 is 0 Å². The van der Waals surface area contributed by atoms with Crippen LogP contribution in [0.2, 0.25) is 0 Å². The van der Waals surface area contributed by atoms with Crippen LogP contribution in [0.5, 0.6) is 0 Å². The lowest BCUT2D eigenvalue weighted by Gasteiger charge is -2.32. The molecule has 0 bridgehead atoms. The molecule has 7 heteroatoms. The Hall–Kier alpha value is -2.33. The number of halogens is 3. The van der Waals surface area contributed by atoms with Crippen molar-refractivity contribution >= 4 is 17.2 Å². The molecule has 1 N–H and O–H groups in total. The molecule has 4 nitrogen and oxygen atoms in total. The van der Waals surface area contributed by atoms with Gasteiger partial charge in [0.25, 0.3) is 0 Å².